The number of hydrogen-bond donors (Lipinski definition) is 4. The van der Waals surface area contributed by atoms with E-state index in [9.17, 15) is 43.7 Å². The van der Waals surface area contributed by atoms with Crippen LogP contribution in [0.4, 0.5) is 11.4 Å². The summed E-state index contributed by atoms with van der Waals surface area (Å²) in [5.74, 6) is -1.32. The van der Waals surface area contributed by atoms with Gasteiger partial charge in [0.05, 0.1) is 31.7 Å². The second-order valence-corrected chi connectivity index (χ2v) is 18.2. The minimum absolute atomic E-state index is 0.0163. The van der Waals surface area contributed by atoms with Gasteiger partial charge in [0.2, 0.25) is 5.69 Å². The molecule has 0 spiro atoms. The minimum atomic E-state index is -4.54. The van der Waals surface area contributed by atoms with Gasteiger partial charge in [0.1, 0.15) is 6.54 Å². The number of carbonyl (C=O) groups is 1. The van der Waals surface area contributed by atoms with E-state index < -0.39 is 52.9 Å². The molecule has 2 aromatic carbocycles. The van der Waals surface area contributed by atoms with Crippen molar-refractivity contribution < 1.29 is 53.4 Å². The Morgan fingerprint density at radius 2 is 1.53 bits per heavy atom. The molecule has 51 heavy (non-hydrogen) atoms. The zero-order valence-electron chi connectivity index (χ0n) is 28.4. The van der Waals surface area contributed by atoms with Gasteiger partial charge in [-0.2, -0.15) is 29.8 Å². The van der Waals surface area contributed by atoms with Crippen molar-refractivity contribution in [1.29, 1.82) is 0 Å². The second kappa shape index (κ2) is 15.4. The molecule has 2 aliphatic rings. The van der Waals surface area contributed by atoms with Crippen LogP contribution in [0, 0.1) is 0 Å². The van der Waals surface area contributed by atoms with E-state index in [-0.39, 0.29) is 27.7 Å². The van der Waals surface area contributed by atoms with Crippen LogP contribution < -0.4 is 0 Å². The smallest absolute Gasteiger partial charge is 0.303 e. The molecular formula is C34H42ClN2O11S3+. The number of aliphatic carboxylic acids is 1. The van der Waals surface area contributed by atoms with Crippen molar-refractivity contribution in [3.63, 3.8) is 0 Å². The fraction of sp³-hybridized carbons (Fsp3) is 0.441. The van der Waals surface area contributed by atoms with E-state index in [4.69, 9.17) is 16.7 Å². The fourth-order valence-electron chi connectivity index (χ4n) is 6.63. The summed E-state index contributed by atoms with van der Waals surface area (Å²) in [5, 5.41) is 9.17. The van der Waals surface area contributed by atoms with Gasteiger partial charge in [-0.05, 0) is 56.0 Å². The van der Waals surface area contributed by atoms with Crippen LogP contribution in [0.1, 0.15) is 83.3 Å². The average Bonchev–Trinajstić information content (AvgIpc) is 3.40. The monoisotopic (exact) mass is 785 g/mol. The molecule has 13 nitrogen and oxygen atoms in total. The van der Waals surface area contributed by atoms with Gasteiger partial charge in [0.25, 0.3) is 30.4 Å². The number of fused-ring (bicyclic) bond motifs is 2. The molecule has 1 unspecified atom stereocenters. The van der Waals surface area contributed by atoms with Crippen LogP contribution >= 0.6 is 11.6 Å². The summed E-state index contributed by atoms with van der Waals surface area (Å²) in [6.45, 7) is 6.02. The molecule has 0 aliphatic carbocycles. The van der Waals surface area contributed by atoms with Crippen LogP contribution in [0.3, 0.4) is 0 Å². The third kappa shape index (κ3) is 9.60. The number of halogens is 1. The van der Waals surface area contributed by atoms with Crippen LogP contribution in [-0.2, 0) is 46.0 Å². The summed E-state index contributed by atoms with van der Waals surface area (Å²) in [6.07, 6.45) is 10.5. The molecular weight excluding hydrogens is 744 g/mol. The van der Waals surface area contributed by atoms with E-state index in [0.29, 0.717) is 73.3 Å². The van der Waals surface area contributed by atoms with E-state index in [0.717, 1.165) is 11.8 Å². The molecule has 17 heteroatoms. The summed E-state index contributed by atoms with van der Waals surface area (Å²) in [7, 11) is -13.2. The summed E-state index contributed by atoms with van der Waals surface area (Å²) in [5.41, 5.74) is 2.31. The van der Waals surface area contributed by atoms with Gasteiger partial charge in [0.15, 0.2) is 5.71 Å². The van der Waals surface area contributed by atoms with Crippen molar-refractivity contribution >= 4 is 70.7 Å². The topological polar surface area (TPSA) is 216 Å². The number of hydrogen-bond acceptors (Lipinski definition) is 8. The Kier molecular flexibility index (Phi) is 12.2. The number of allylic oxidation sites excluding steroid dienone is 4. The Labute approximate surface area is 303 Å². The standard InChI is InChI=1S/C34H41ClN2O11S3/c1-33(2)26-21-24(51(46,47)48)22-27(35)32(26)36-29(33)12-6-4-7-13-30-34(3,17-9-5-8-14-31(38)39)25-20-23(50(43,44)45)15-16-28(25)37(30)18-10-11-19-49(40,41)42/h4,6-7,13,15-16,20-22H,5,8-12,14,17-19H2,1-3H3,(H3-,38,39,40,41,42,43,44,45,46,47,48)/p+1. The van der Waals surface area contributed by atoms with E-state index in [1.807, 2.05) is 37.5 Å². The number of carboxylic acids is 1. The summed E-state index contributed by atoms with van der Waals surface area (Å²) in [4.78, 5) is 15.1. The molecule has 1 atom stereocenters. The highest BCUT2D eigenvalue weighted by Crippen LogP contribution is 2.47. The van der Waals surface area contributed by atoms with Crippen molar-refractivity contribution in [3.8, 4) is 0 Å². The van der Waals surface area contributed by atoms with Gasteiger partial charge >= 0.3 is 5.97 Å². The van der Waals surface area contributed by atoms with E-state index >= 15 is 0 Å². The summed E-state index contributed by atoms with van der Waals surface area (Å²) in [6, 6.07) is 6.85. The Balaban J connectivity index is 1.67. The molecule has 0 aromatic heterocycles. The molecule has 0 bridgehead atoms. The molecule has 278 valence electrons. The Bertz CT molecular complexity index is 2170. The highest BCUT2D eigenvalue weighted by atomic mass is 35.5. The molecule has 0 amide bonds. The van der Waals surface area contributed by atoms with E-state index in [1.165, 1.54) is 18.2 Å². The SMILES string of the molecule is CC1(C)C(CC=CC=CC2=[N+](CCCCS(=O)(=O)O)c3ccc(S(=O)(=O)O)cc3C2(C)CCCCCC(=O)O)=Nc2c(Cl)cc(S(=O)(=O)O)cc21. The predicted molar refractivity (Wildman–Crippen MR) is 194 cm³/mol. The van der Waals surface area contributed by atoms with Crippen molar-refractivity contribution in [1.82, 2.24) is 0 Å². The number of benzene rings is 2. The highest BCUT2D eigenvalue weighted by molar-refractivity contribution is 7.86. The molecule has 0 saturated carbocycles. The van der Waals surface area contributed by atoms with Gasteiger partial charge in [-0.3, -0.25) is 23.4 Å². The lowest BCUT2D eigenvalue weighted by atomic mass is 9.75. The Morgan fingerprint density at radius 1 is 0.863 bits per heavy atom. The maximum atomic E-state index is 12.1. The molecule has 2 aromatic rings. The first kappa shape index (κ1) is 40.5. The number of aliphatic imine (C=N–C) groups is 1. The van der Waals surface area contributed by atoms with Crippen molar-refractivity contribution in [3.05, 3.63) is 70.8 Å². The van der Waals surface area contributed by atoms with Crippen LogP contribution in [0.15, 0.2) is 69.4 Å². The molecule has 2 aliphatic heterocycles. The predicted octanol–water partition coefficient (Wildman–Crippen LogP) is 6.46. The first-order valence-electron chi connectivity index (χ1n) is 16.2. The first-order chi connectivity index (χ1) is 23.6. The largest absolute Gasteiger partial charge is 0.481 e. The minimum Gasteiger partial charge on any atom is -0.481 e. The van der Waals surface area contributed by atoms with E-state index in [2.05, 4.69) is 4.99 Å². The lowest BCUT2D eigenvalue weighted by Gasteiger charge is -2.23. The zero-order chi connectivity index (χ0) is 38.0. The zero-order valence-corrected chi connectivity index (χ0v) is 31.6. The molecule has 0 radical (unpaired) electrons. The van der Waals surface area contributed by atoms with Crippen LogP contribution in [0.2, 0.25) is 5.02 Å². The van der Waals surface area contributed by atoms with Gasteiger partial charge in [-0.25, -0.2) is 0 Å². The fourth-order valence-corrected chi connectivity index (χ4v) is 8.57. The van der Waals surface area contributed by atoms with Gasteiger partial charge < -0.3 is 5.11 Å². The van der Waals surface area contributed by atoms with Gasteiger partial charge in [-0.15, -0.1) is 0 Å². The van der Waals surface area contributed by atoms with Gasteiger partial charge in [0, 0.05) is 48.1 Å². The number of unbranched alkanes of at least 4 members (excludes halogenated alkanes) is 3. The normalized spacial score (nSPS) is 18.8. The average molecular weight is 786 g/mol. The Hall–Kier alpha value is -3.25. The first-order valence-corrected chi connectivity index (χ1v) is 21.1. The molecule has 0 fully saturated rings. The Morgan fingerprint density at radius 3 is 2.16 bits per heavy atom. The lowest BCUT2D eigenvalue weighted by Crippen LogP contribution is -2.31. The van der Waals surface area contributed by atoms with Crippen molar-refractivity contribution in [2.24, 2.45) is 4.99 Å². The molecule has 0 saturated heterocycles. The second-order valence-electron chi connectivity index (χ2n) is 13.4. The summed E-state index contributed by atoms with van der Waals surface area (Å²) < 4.78 is 101. The van der Waals surface area contributed by atoms with Gasteiger partial charge in [-0.1, -0.05) is 56.5 Å². The van der Waals surface area contributed by atoms with Crippen LogP contribution in [0.5, 0.6) is 0 Å². The maximum absolute atomic E-state index is 12.1. The van der Waals surface area contributed by atoms with Crippen LogP contribution in [0.25, 0.3) is 0 Å². The van der Waals surface area contributed by atoms with E-state index in [1.54, 1.807) is 18.2 Å². The highest BCUT2D eigenvalue weighted by Gasteiger charge is 2.47. The number of carboxylic acid groups (broad SMARTS) is 1. The third-order valence-electron chi connectivity index (χ3n) is 9.40. The summed E-state index contributed by atoms with van der Waals surface area (Å²) >= 11 is 6.34. The molecule has 2 heterocycles. The van der Waals surface area contributed by atoms with Crippen LogP contribution in [-0.4, -0.2) is 78.3 Å². The third-order valence-corrected chi connectivity index (χ3v) is 12.2. The number of nitrogens with zero attached hydrogens (tertiary/aromatic N) is 2. The lowest BCUT2D eigenvalue weighted by molar-refractivity contribution is -0.438. The number of rotatable bonds is 17. The van der Waals surface area contributed by atoms with Crippen molar-refractivity contribution in [2.45, 2.75) is 92.8 Å². The molecule has 4 rings (SSSR count). The maximum Gasteiger partial charge on any atom is 0.303 e. The quantitative estimate of drug-likeness (QED) is 0.0591. The van der Waals surface area contributed by atoms with Crippen molar-refractivity contribution in [2.75, 3.05) is 12.3 Å². The molecule has 4 N–H and O–H groups in total.